The van der Waals surface area contributed by atoms with Gasteiger partial charge in [-0.1, -0.05) is 5.92 Å². The third-order valence-electron chi connectivity index (χ3n) is 25.4. The average Bonchev–Trinajstić information content (AvgIpc) is 1.65. The molecule has 8 aromatic heterocycles. The maximum atomic E-state index is 15.7. The van der Waals surface area contributed by atoms with Crippen molar-refractivity contribution in [3.05, 3.63) is 239 Å². The summed E-state index contributed by atoms with van der Waals surface area (Å²) in [6.45, 7) is 40.3. The third-order valence-corrected chi connectivity index (χ3v) is 27.2. The predicted octanol–water partition coefficient (Wildman–Crippen LogP) is 21.6. The second-order valence-electron chi connectivity index (χ2n) is 37.7. The van der Waals surface area contributed by atoms with Gasteiger partial charge in [-0.15, -0.1) is 59.1 Å². The van der Waals surface area contributed by atoms with Crippen molar-refractivity contribution in [2.45, 2.75) is 210 Å². The normalized spacial score (nSPS) is 16.1. The molecule has 5 aliphatic rings. The zero-order chi connectivity index (χ0) is 99.3. The molecule has 0 amide bonds. The Balaban J connectivity index is 0.000000125. The number of aliphatic hydroxyl groups is 4. The molecule has 0 saturated carbocycles. The van der Waals surface area contributed by atoms with Gasteiger partial charge in [0.1, 0.15) is 71.0 Å². The SMILES string of the molecule is C#CC.CC#Cc1c[nH]c2c(-c3c(F)cc4c(c3C)-n3c(C(C)O)nnc3C(C)(C)N4)cc(F)cc12.CC1(C)OB(c2cc(F)cc3cc[nH]c23)OC1(C)C.Cc1c(-c2cc(F)cc3c(I)c[nH]c23)c(F)cc2c1-n1c(C(C)O)nnc1C(C)(C)N2.Cc1c(-c2cc(F)cc3cc[nH]c23)c(F)cc2c1-n1c(C(C)O)nnc1C(C)(C)N2.Cc1c(Br)c(F)cc2c1-n1c(C(C)O)nnc1C(C)(C)N2. The largest absolute Gasteiger partial charge is 0.497 e. The van der Waals surface area contributed by atoms with Gasteiger partial charge in [0.15, 0.2) is 46.6 Å². The number of rotatable bonds is 8. The van der Waals surface area contributed by atoms with E-state index in [1.165, 1.54) is 72.8 Å². The zero-order valence-corrected chi connectivity index (χ0v) is 82.9. The summed E-state index contributed by atoms with van der Waals surface area (Å²) >= 11 is 5.39. The number of aliphatic hydroxyl groups excluding tert-OH is 4. The molecular formula is C100H101BBrF8IN20O6. The number of halogens is 10. The Morgan fingerprint density at radius 2 is 0.730 bits per heavy atom. The quantitative estimate of drug-likeness (QED) is 0.0291. The van der Waals surface area contributed by atoms with E-state index in [-0.39, 0.29) is 17.2 Å². The highest BCUT2D eigenvalue weighted by molar-refractivity contribution is 14.1. The van der Waals surface area contributed by atoms with Gasteiger partial charge >= 0.3 is 7.12 Å². The second kappa shape index (κ2) is 35.7. The molecule has 137 heavy (non-hydrogen) atoms. The van der Waals surface area contributed by atoms with Crippen molar-refractivity contribution in [3.63, 3.8) is 0 Å². The zero-order valence-electron chi connectivity index (χ0n) is 79.1. The summed E-state index contributed by atoms with van der Waals surface area (Å²) in [5, 5.41) is 90.6. The number of H-pyrrole nitrogens is 4. The Bertz CT molecular complexity index is 7670. The van der Waals surface area contributed by atoms with E-state index in [9.17, 15) is 42.4 Å². The molecule has 37 heteroatoms. The predicted molar refractivity (Wildman–Crippen MR) is 527 cm³/mol. The maximum absolute atomic E-state index is 15.7. The summed E-state index contributed by atoms with van der Waals surface area (Å²) in [6, 6.07) is 20.5. The number of hydrogen-bond acceptors (Lipinski definition) is 18. The fourth-order valence-corrected chi connectivity index (χ4v) is 19.4. The lowest BCUT2D eigenvalue weighted by Gasteiger charge is -2.35. The Labute approximate surface area is 806 Å². The fraction of sp³-hybridized carbons (Fsp3) is 0.320. The highest BCUT2D eigenvalue weighted by atomic mass is 127. The molecule has 0 aliphatic carbocycles. The first-order valence-corrected chi connectivity index (χ1v) is 45.9. The van der Waals surface area contributed by atoms with Crippen molar-refractivity contribution in [1.29, 1.82) is 0 Å². The van der Waals surface area contributed by atoms with Crippen molar-refractivity contribution < 1.29 is 64.9 Å². The standard InChI is InChI=1S/C25H23F2N5O.C22H20F2IN5O.C22H21F2N5O.C14H17BFNO2.C14H16BrFN4O.C3H4/c1-6-7-14-11-28-21-16(14)8-15(26)9-17(21)20-12(2)22-19(10-18(20)27)29-25(4,5)24-31-30-23(13(3)33)32(22)24;1-9-17(13-6-11(23)5-12-15(25)8-26-18(12)13)14(24)7-16-19(9)30-20(10(2)31)28-29-21(30)22(3,4)27-16;1-10-17(14-8-13(23)7-12-5-6-25-18(12)14)15(24)9-16-19(10)29-20(11(2)30)27-28-21(29)22(3,4)26-16;1-13(2)14(3,4)19-15(18-13)11-8-10(16)7-9-5-6-17-12(9)11;1-6-10(15)8(16)5-9-11(6)20-12(7(2)21)18-19-13(20)14(3,4)17-9;1-3-2/h8-11,13,28-29,33H,1-5H3;5-8,10,26-27,31H,1-4H3;5-9,11,25-26,30H,1-4H3;5-8,17H,1-4H3;5,7,17,21H,1-4H3;1H,2H3. The summed E-state index contributed by atoms with van der Waals surface area (Å²) in [4.78, 5) is 12.5. The molecule has 21 rings (SSSR count). The minimum Gasteiger partial charge on any atom is -0.399 e. The molecule has 0 radical (unpaired) electrons. The van der Waals surface area contributed by atoms with Crippen LogP contribution in [0, 0.1) is 102 Å². The van der Waals surface area contributed by atoms with Gasteiger partial charge in [-0.3, -0.25) is 18.3 Å². The number of terminal acetylenes is 1. The van der Waals surface area contributed by atoms with E-state index in [0.717, 1.165) is 25.7 Å². The first-order chi connectivity index (χ1) is 64.4. The summed E-state index contributed by atoms with van der Waals surface area (Å²) in [6.07, 6.45) is 8.16. The summed E-state index contributed by atoms with van der Waals surface area (Å²) in [7, 11) is -0.554. The molecule has 8 aromatic carbocycles. The van der Waals surface area contributed by atoms with Crippen LogP contribution in [0.25, 0.3) is 99.7 Å². The first-order valence-electron chi connectivity index (χ1n) is 44.0. The second-order valence-corrected chi connectivity index (χ2v) is 39.7. The third kappa shape index (κ3) is 16.9. The monoisotopic (exact) mass is 2050 g/mol. The molecule has 0 spiro atoms. The number of fused-ring (bicyclic) bond motifs is 16. The van der Waals surface area contributed by atoms with Crippen LogP contribution in [0.1, 0.15) is 223 Å². The Kier molecular flexibility index (Phi) is 25.4. The number of benzene rings is 8. The van der Waals surface area contributed by atoms with E-state index in [4.69, 9.17) is 9.31 Å². The molecule has 5 aliphatic heterocycles. The smallest absolute Gasteiger partial charge is 0.399 e. The number of nitrogens with zero attached hydrogens (tertiary/aromatic N) is 12. The summed E-state index contributed by atoms with van der Waals surface area (Å²) < 4.78 is 138. The summed E-state index contributed by atoms with van der Waals surface area (Å²) in [5.74, 6) is 8.65. The van der Waals surface area contributed by atoms with Gasteiger partial charge in [-0.2, -0.15) is 0 Å². The number of aromatic amines is 4. The molecule has 12 N–H and O–H groups in total. The van der Waals surface area contributed by atoms with Crippen molar-refractivity contribution in [3.8, 4) is 80.3 Å². The molecule has 4 unspecified atom stereocenters. The average molecular weight is 2050 g/mol. The topological polar surface area (TPSA) is 333 Å². The Morgan fingerprint density at radius 1 is 0.416 bits per heavy atom. The molecule has 26 nitrogen and oxygen atoms in total. The van der Waals surface area contributed by atoms with Gasteiger partial charge in [0, 0.05) is 106 Å². The highest BCUT2D eigenvalue weighted by Gasteiger charge is 2.53. The molecule has 4 atom stereocenters. The number of aromatic nitrogens is 16. The minimum atomic E-state index is -0.889. The molecule has 1 fully saturated rings. The van der Waals surface area contributed by atoms with Gasteiger partial charge in [-0.05, 0) is 292 Å². The van der Waals surface area contributed by atoms with Crippen LogP contribution < -0.4 is 26.7 Å². The molecule has 710 valence electrons. The lowest BCUT2D eigenvalue weighted by atomic mass is 9.78. The van der Waals surface area contributed by atoms with E-state index in [1.54, 1.807) is 107 Å². The van der Waals surface area contributed by atoms with Gasteiger partial charge in [0.25, 0.3) is 0 Å². The molecule has 16 aromatic rings. The summed E-state index contributed by atoms with van der Waals surface area (Å²) in [5.41, 5.74) is 10.5. The lowest BCUT2D eigenvalue weighted by Crippen LogP contribution is -2.41. The van der Waals surface area contributed by atoms with Gasteiger partial charge in [0.05, 0.1) is 99.9 Å². The van der Waals surface area contributed by atoms with Crippen LogP contribution in [-0.2, 0) is 31.5 Å². The molecule has 1 saturated heterocycles. The van der Waals surface area contributed by atoms with E-state index in [1.807, 2.05) is 101 Å². The van der Waals surface area contributed by atoms with E-state index < -0.39 is 99.8 Å². The molecule has 0 bridgehead atoms. The van der Waals surface area contributed by atoms with Crippen LogP contribution >= 0.6 is 38.5 Å². The molecular weight excluding hydrogens is 1950 g/mol. The van der Waals surface area contributed by atoms with Crippen molar-refractivity contribution in [1.82, 2.24) is 79.0 Å². The number of nitrogens with one attached hydrogen (secondary N) is 8. The van der Waals surface area contributed by atoms with Gasteiger partial charge in [0.2, 0.25) is 0 Å². The highest BCUT2D eigenvalue weighted by Crippen LogP contribution is 2.51. The van der Waals surface area contributed by atoms with Crippen LogP contribution in [0.2, 0.25) is 0 Å². The number of anilines is 4. The Morgan fingerprint density at radius 3 is 1.10 bits per heavy atom. The van der Waals surface area contributed by atoms with Crippen LogP contribution in [0.15, 0.2) is 114 Å². The maximum Gasteiger partial charge on any atom is 0.497 e. The first kappa shape index (κ1) is 97.4. The number of hydrogen-bond donors (Lipinski definition) is 12. The van der Waals surface area contributed by atoms with Crippen molar-refractivity contribution in [2.24, 2.45) is 0 Å². The van der Waals surface area contributed by atoms with Crippen LogP contribution in [0.3, 0.4) is 0 Å². The van der Waals surface area contributed by atoms with E-state index in [2.05, 4.69) is 145 Å². The van der Waals surface area contributed by atoms with Crippen molar-refractivity contribution >= 4 is 117 Å². The van der Waals surface area contributed by atoms with Gasteiger partial charge in [-0.25, -0.2) is 35.1 Å². The van der Waals surface area contributed by atoms with E-state index in [0.29, 0.717) is 179 Å². The Hall–Kier alpha value is -12.7. The van der Waals surface area contributed by atoms with E-state index >= 15 is 13.2 Å². The fourth-order valence-electron chi connectivity index (χ4n) is 18.6. The minimum absolute atomic E-state index is 0.258. The lowest BCUT2D eigenvalue weighted by molar-refractivity contribution is 0.00578. The molecule has 13 heterocycles. The van der Waals surface area contributed by atoms with Crippen LogP contribution in [0.4, 0.5) is 57.9 Å². The van der Waals surface area contributed by atoms with Crippen LogP contribution in [0.5, 0.6) is 0 Å². The van der Waals surface area contributed by atoms with Gasteiger partial charge < -0.3 is 70.9 Å². The van der Waals surface area contributed by atoms with Crippen LogP contribution in [-0.4, -0.2) is 118 Å². The van der Waals surface area contributed by atoms with Crippen molar-refractivity contribution in [2.75, 3.05) is 21.3 Å².